The number of aryl methyl sites for hydroxylation is 2. The maximum atomic E-state index is 13.6. The number of carboxylic acid groups (broad SMARTS) is 1. The molecule has 1 aromatic carbocycles. The molecular weight excluding hydrogens is 461 g/mol. The number of nitrogens with one attached hydrogen (secondary N) is 2. The van der Waals surface area contributed by atoms with Crippen LogP contribution < -0.4 is 10.6 Å². The maximum absolute atomic E-state index is 13.6. The molecule has 7 nitrogen and oxygen atoms in total. The highest BCUT2D eigenvalue weighted by molar-refractivity contribution is 6.34. The molecule has 4 rings (SSSR count). The van der Waals surface area contributed by atoms with E-state index >= 15 is 0 Å². The molecule has 3 N–H and O–H groups in total. The Morgan fingerprint density at radius 3 is 2.91 bits per heavy atom. The summed E-state index contributed by atoms with van der Waals surface area (Å²) in [7, 11) is 0. The number of rotatable bonds is 10. The zero-order valence-electron chi connectivity index (χ0n) is 18.9. The molecule has 9 heteroatoms. The normalized spacial score (nSPS) is 19.9. The van der Waals surface area contributed by atoms with Gasteiger partial charge in [-0.15, -0.1) is 0 Å². The highest BCUT2D eigenvalue weighted by Crippen LogP contribution is 2.34. The molecule has 0 spiro atoms. The van der Waals surface area contributed by atoms with Crippen molar-refractivity contribution in [2.75, 3.05) is 18.5 Å². The van der Waals surface area contributed by atoms with Gasteiger partial charge in [0.2, 0.25) is 0 Å². The number of ether oxygens (including phenoxy) is 1. The Balaban J connectivity index is 1.16. The predicted molar refractivity (Wildman–Crippen MR) is 127 cm³/mol. The monoisotopic (exact) mass is 489 g/mol. The summed E-state index contributed by atoms with van der Waals surface area (Å²) in [6.45, 7) is 1.19. The average molecular weight is 490 g/mol. The van der Waals surface area contributed by atoms with Crippen molar-refractivity contribution in [1.29, 1.82) is 0 Å². The van der Waals surface area contributed by atoms with Crippen LogP contribution in [0.1, 0.15) is 53.7 Å². The van der Waals surface area contributed by atoms with Crippen molar-refractivity contribution in [2.24, 2.45) is 5.92 Å². The molecule has 1 aliphatic heterocycles. The third-order valence-corrected chi connectivity index (χ3v) is 6.90. The van der Waals surface area contributed by atoms with E-state index in [0.29, 0.717) is 5.92 Å². The summed E-state index contributed by atoms with van der Waals surface area (Å²) in [4.78, 5) is 28.6. The number of hydrogen-bond acceptors (Lipinski definition) is 5. The quantitative estimate of drug-likeness (QED) is 0.461. The molecule has 0 radical (unpaired) electrons. The van der Waals surface area contributed by atoms with Gasteiger partial charge >= 0.3 is 5.97 Å². The van der Waals surface area contributed by atoms with Crippen LogP contribution in [0, 0.1) is 11.7 Å². The minimum Gasteiger partial charge on any atom is -0.480 e. The molecule has 2 heterocycles. The van der Waals surface area contributed by atoms with Crippen molar-refractivity contribution in [1.82, 2.24) is 10.3 Å². The second kappa shape index (κ2) is 11.1. The summed E-state index contributed by atoms with van der Waals surface area (Å²) < 4.78 is 19.4. The second-order valence-corrected chi connectivity index (χ2v) is 9.34. The van der Waals surface area contributed by atoms with Crippen molar-refractivity contribution in [2.45, 2.75) is 57.1 Å². The van der Waals surface area contributed by atoms with Crippen molar-refractivity contribution >= 4 is 29.3 Å². The van der Waals surface area contributed by atoms with Crippen LogP contribution in [0.3, 0.4) is 0 Å². The minimum atomic E-state index is -1.18. The average Bonchev–Trinajstić information content (AvgIpc) is 2.80. The summed E-state index contributed by atoms with van der Waals surface area (Å²) >= 11 is 5.82. The Morgan fingerprint density at radius 2 is 2.12 bits per heavy atom. The topological polar surface area (TPSA) is 101 Å². The molecule has 2 aliphatic rings. The van der Waals surface area contributed by atoms with E-state index in [9.17, 15) is 19.1 Å². The van der Waals surface area contributed by atoms with E-state index in [1.165, 1.54) is 17.7 Å². The van der Waals surface area contributed by atoms with Gasteiger partial charge in [-0.25, -0.2) is 14.2 Å². The first-order chi connectivity index (χ1) is 16.4. The van der Waals surface area contributed by atoms with Crippen molar-refractivity contribution in [3.05, 3.63) is 58.0 Å². The number of hydrogen-bond donors (Lipinski definition) is 3. The largest absolute Gasteiger partial charge is 0.480 e. The van der Waals surface area contributed by atoms with E-state index in [1.807, 2.05) is 0 Å². The van der Waals surface area contributed by atoms with Crippen molar-refractivity contribution in [3.63, 3.8) is 0 Å². The summed E-state index contributed by atoms with van der Waals surface area (Å²) in [5.74, 6) is -1.04. The number of carbonyl (C=O) groups is 2. The molecule has 34 heavy (non-hydrogen) atoms. The van der Waals surface area contributed by atoms with Crippen LogP contribution in [-0.2, 0) is 22.4 Å². The fourth-order valence-corrected chi connectivity index (χ4v) is 4.64. The van der Waals surface area contributed by atoms with E-state index < -0.39 is 23.7 Å². The number of aromatic nitrogens is 1. The van der Waals surface area contributed by atoms with Gasteiger partial charge in [-0.3, -0.25) is 4.79 Å². The standard InChI is InChI=1S/C25H29ClFN3O4/c26-22-19(4-1-5-20(22)27)24(31)30-21(25(32)33)10-12-34-18-13-15(14-18)6-8-17-9-7-16-3-2-11-28-23(16)29-17/h1,4-5,7,9,15,18,21H,2-3,6,8,10-14H2,(H,28,29)(H,30,31)(H,32,33)/t15?,18?,21-/m0/s1. The molecule has 1 aliphatic carbocycles. The second-order valence-electron chi connectivity index (χ2n) is 8.96. The van der Waals surface area contributed by atoms with Crippen LogP contribution in [0.15, 0.2) is 30.3 Å². The SMILES string of the molecule is O=C(N[C@@H](CCOC1CC(CCc2ccc3c(n2)NCCC3)C1)C(=O)O)c1cccc(F)c1Cl. The van der Waals surface area contributed by atoms with Crippen molar-refractivity contribution < 1.29 is 23.8 Å². The summed E-state index contributed by atoms with van der Waals surface area (Å²) in [5, 5.41) is 14.9. The molecule has 1 aromatic heterocycles. The van der Waals surface area contributed by atoms with Crippen molar-refractivity contribution in [3.8, 4) is 0 Å². The molecule has 2 aromatic rings. The first kappa shape index (κ1) is 24.4. The smallest absolute Gasteiger partial charge is 0.326 e. The van der Waals surface area contributed by atoms with E-state index in [-0.39, 0.29) is 29.7 Å². The number of anilines is 1. The Bertz CT molecular complexity index is 1040. The molecule has 1 saturated carbocycles. The van der Waals surface area contributed by atoms with Crippen LogP contribution in [0.25, 0.3) is 0 Å². The fraction of sp³-hybridized carbons (Fsp3) is 0.480. The zero-order chi connectivity index (χ0) is 24.1. The lowest BCUT2D eigenvalue weighted by Crippen LogP contribution is -2.42. The highest BCUT2D eigenvalue weighted by Gasteiger charge is 2.30. The Hall–Kier alpha value is -2.71. The lowest BCUT2D eigenvalue weighted by atomic mass is 9.79. The van der Waals surface area contributed by atoms with Gasteiger partial charge in [0, 0.05) is 25.3 Å². The maximum Gasteiger partial charge on any atom is 0.326 e. The molecule has 0 bridgehead atoms. The number of fused-ring (bicyclic) bond motifs is 1. The molecular formula is C25H29ClFN3O4. The van der Waals surface area contributed by atoms with Gasteiger partial charge in [0.25, 0.3) is 5.91 Å². The number of carbonyl (C=O) groups excluding carboxylic acids is 1. The molecule has 1 amide bonds. The van der Waals surface area contributed by atoms with Crippen LogP contribution in [-0.4, -0.2) is 47.3 Å². The van der Waals surface area contributed by atoms with Gasteiger partial charge in [-0.2, -0.15) is 0 Å². The van der Waals surface area contributed by atoms with E-state index in [4.69, 9.17) is 21.3 Å². The minimum absolute atomic E-state index is 0.0973. The van der Waals surface area contributed by atoms with E-state index in [1.54, 1.807) is 0 Å². The number of aliphatic carboxylic acids is 1. The molecule has 1 atom stereocenters. The third-order valence-electron chi connectivity index (χ3n) is 6.51. The molecule has 0 saturated heterocycles. The number of carboxylic acids is 1. The van der Waals surface area contributed by atoms with Crippen LogP contribution in [0.4, 0.5) is 10.2 Å². The van der Waals surface area contributed by atoms with Crippen LogP contribution in [0.5, 0.6) is 0 Å². The Labute approximate surface area is 203 Å². The number of halogens is 2. The lowest BCUT2D eigenvalue weighted by Gasteiger charge is -2.35. The van der Waals surface area contributed by atoms with E-state index in [0.717, 1.165) is 62.6 Å². The van der Waals surface area contributed by atoms with Gasteiger partial charge in [0.05, 0.1) is 16.7 Å². The lowest BCUT2D eigenvalue weighted by molar-refractivity contribution is -0.140. The zero-order valence-corrected chi connectivity index (χ0v) is 19.6. The summed E-state index contributed by atoms with van der Waals surface area (Å²) in [5.41, 5.74) is 2.30. The molecule has 182 valence electrons. The van der Waals surface area contributed by atoms with Gasteiger partial charge in [0.1, 0.15) is 17.7 Å². The number of benzene rings is 1. The summed E-state index contributed by atoms with van der Waals surface area (Å²) in [6.07, 6.45) is 6.31. The van der Waals surface area contributed by atoms with Crippen LogP contribution >= 0.6 is 11.6 Å². The first-order valence-electron chi connectivity index (χ1n) is 11.7. The molecule has 0 unspecified atom stereocenters. The number of amides is 1. The van der Waals surface area contributed by atoms with Gasteiger partial charge in [-0.1, -0.05) is 23.7 Å². The highest BCUT2D eigenvalue weighted by atomic mass is 35.5. The van der Waals surface area contributed by atoms with E-state index in [2.05, 4.69) is 22.8 Å². The fourth-order valence-electron chi connectivity index (χ4n) is 4.43. The van der Waals surface area contributed by atoms with Crippen LogP contribution in [0.2, 0.25) is 5.02 Å². The predicted octanol–water partition coefficient (Wildman–Crippen LogP) is 4.23. The first-order valence-corrected chi connectivity index (χ1v) is 12.1. The van der Waals surface area contributed by atoms with Gasteiger partial charge in [0.15, 0.2) is 0 Å². The molecule has 1 fully saturated rings. The number of pyridine rings is 1. The Morgan fingerprint density at radius 1 is 1.29 bits per heavy atom. The third kappa shape index (κ3) is 6.04. The number of nitrogens with zero attached hydrogens (tertiary/aromatic N) is 1. The van der Waals surface area contributed by atoms with Gasteiger partial charge in [-0.05, 0) is 68.2 Å². The van der Waals surface area contributed by atoms with Gasteiger partial charge < -0.3 is 20.5 Å². The Kier molecular flexibility index (Phi) is 8.00. The summed E-state index contributed by atoms with van der Waals surface area (Å²) in [6, 6.07) is 6.98.